The van der Waals surface area contributed by atoms with E-state index in [2.05, 4.69) is 18.7 Å². The summed E-state index contributed by atoms with van der Waals surface area (Å²) in [5.74, 6) is 0.231. The molecular weight excluding hydrogens is 238 g/mol. The molecule has 0 aromatic carbocycles. The SMILES string of the molecule is CCC1(CC)CCN(CC(=O)N(C)CCCN)CC1. The molecule has 0 aromatic rings. The van der Waals surface area contributed by atoms with Gasteiger partial charge in [0.25, 0.3) is 0 Å². The Kier molecular flexibility index (Phi) is 6.80. The Morgan fingerprint density at radius 1 is 1.26 bits per heavy atom. The van der Waals surface area contributed by atoms with E-state index in [1.807, 2.05) is 11.9 Å². The van der Waals surface area contributed by atoms with Crippen LogP contribution in [-0.4, -0.2) is 55.5 Å². The van der Waals surface area contributed by atoms with Gasteiger partial charge in [-0.15, -0.1) is 0 Å². The van der Waals surface area contributed by atoms with E-state index in [1.54, 1.807) is 0 Å². The fraction of sp³-hybridized carbons (Fsp3) is 0.933. The Bertz CT molecular complexity index is 267. The van der Waals surface area contributed by atoms with Gasteiger partial charge in [0.2, 0.25) is 5.91 Å². The van der Waals surface area contributed by atoms with Crippen molar-refractivity contribution in [1.82, 2.24) is 9.80 Å². The largest absolute Gasteiger partial charge is 0.345 e. The molecule has 1 saturated heterocycles. The van der Waals surface area contributed by atoms with Gasteiger partial charge in [-0.1, -0.05) is 26.7 Å². The molecule has 0 spiro atoms. The number of hydrogen-bond acceptors (Lipinski definition) is 3. The van der Waals surface area contributed by atoms with Gasteiger partial charge in [0.1, 0.15) is 0 Å². The number of amides is 1. The molecule has 1 amide bonds. The fourth-order valence-electron chi connectivity index (χ4n) is 2.91. The lowest BCUT2D eigenvalue weighted by molar-refractivity contribution is -0.131. The summed E-state index contributed by atoms with van der Waals surface area (Å²) < 4.78 is 0. The average Bonchev–Trinajstić information content (AvgIpc) is 2.45. The molecule has 1 aliphatic heterocycles. The maximum Gasteiger partial charge on any atom is 0.236 e. The summed E-state index contributed by atoms with van der Waals surface area (Å²) in [6.45, 7) is 8.73. The zero-order valence-electron chi connectivity index (χ0n) is 13.0. The lowest BCUT2D eigenvalue weighted by Gasteiger charge is -2.41. The summed E-state index contributed by atoms with van der Waals surface area (Å²) in [5, 5.41) is 0. The van der Waals surface area contributed by atoms with E-state index in [-0.39, 0.29) is 5.91 Å². The van der Waals surface area contributed by atoms with Crippen LogP contribution in [0.3, 0.4) is 0 Å². The molecule has 0 radical (unpaired) electrons. The highest BCUT2D eigenvalue weighted by atomic mass is 16.2. The van der Waals surface area contributed by atoms with Crippen LogP contribution in [0.25, 0.3) is 0 Å². The molecule has 4 nitrogen and oxygen atoms in total. The summed E-state index contributed by atoms with van der Waals surface area (Å²) >= 11 is 0. The molecule has 1 fully saturated rings. The topological polar surface area (TPSA) is 49.6 Å². The molecule has 0 saturated carbocycles. The van der Waals surface area contributed by atoms with Gasteiger partial charge in [-0.25, -0.2) is 0 Å². The monoisotopic (exact) mass is 269 g/mol. The van der Waals surface area contributed by atoms with Gasteiger partial charge < -0.3 is 10.6 Å². The Labute approximate surface area is 118 Å². The standard InChI is InChI=1S/C15H31N3O/c1-4-15(5-2)7-11-18(12-8-15)13-14(19)17(3)10-6-9-16/h4-13,16H2,1-3H3. The molecule has 2 N–H and O–H groups in total. The second-order valence-corrected chi connectivity index (χ2v) is 5.94. The third-order valence-corrected chi connectivity index (χ3v) is 4.90. The smallest absolute Gasteiger partial charge is 0.236 e. The van der Waals surface area contributed by atoms with Crippen LogP contribution in [0.1, 0.15) is 46.0 Å². The first-order valence-electron chi connectivity index (χ1n) is 7.73. The van der Waals surface area contributed by atoms with Crippen LogP contribution in [0.2, 0.25) is 0 Å². The Hall–Kier alpha value is -0.610. The van der Waals surface area contributed by atoms with E-state index in [9.17, 15) is 4.79 Å². The van der Waals surface area contributed by atoms with Gasteiger partial charge in [0.15, 0.2) is 0 Å². The maximum absolute atomic E-state index is 12.1. The van der Waals surface area contributed by atoms with Crippen molar-refractivity contribution >= 4 is 5.91 Å². The van der Waals surface area contributed by atoms with Crippen molar-refractivity contribution in [2.45, 2.75) is 46.0 Å². The van der Waals surface area contributed by atoms with Gasteiger partial charge in [0.05, 0.1) is 6.54 Å². The van der Waals surface area contributed by atoms with Crippen molar-refractivity contribution in [3.05, 3.63) is 0 Å². The van der Waals surface area contributed by atoms with Gasteiger partial charge in [-0.3, -0.25) is 9.69 Å². The lowest BCUT2D eigenvalue weighted by atomic mass is 9.74. The van der Waals surface area contributed by atoms with E-state index in [0.717, 1.165) is 26.1 Å². The average molecular weight is 269 g/mol. The summed E-state index contributed by atoms with van der Waals surface area (Å²) in [5.41, 5.74) is 6.01. The molecule has 0 aliphatic carbocycles. The molecule has 1 aliphatic rings. The molecule has 112 valence electrons. The molecule has 0 bridgehead atoms. The van der Waals surface area contributed by atoms with Crippen molar-refractivity contribution in [2.75, 3.05) is 39.8 Å². The highest BCUT2D eigenvalue weighted by Crippen LogP contribution is 2.37. The van der Waals surface area contributed by atoms with E-state index < -0.39 is 0 Å². The molecule has 4 heteroatoms. The molecule has 1 heterocycles. The van der Waals surface area contributed by atoms with Crippen LogP contribution in [-0.2, 0) is 4.79 Å². The van der Waals surface area contributed by atoms with Gasteiger partial charge >= 0.3 is 0 Å². The Morgan fingerprint density at radius 2 is 1.84 bits per heavy atom. The van der Waals surface area contributed by atoms with Crippen LogP contribution in [0.15, 0.2) is 0 Å². The minimum Gasteiger partial charge on any atom is -0.345 e. The zero-order chi connectivity index (χ0) is 14.3. The summed E-state index contributed by atoms with van der Waals surface area (Å²) in [7, 11) is 1.88. The zero-order valence-corrected chi connectivity index (χ0v) is 13.0. The second-order valence-electron chi connectivity index (χ2n) is 5.94. The number of likely N-dealkylation sites (N-methyl/N-ethyl adjacent to an activating group) is 1. The summed E-state index contributed by atoms with van der Waals surface area (Å²) in [6, 6.07) is 0. The van der Waals surface area contributed by atoms with Crippen LogP contribution in [0.5, 0.6) is 0 Å². The lowest BCUT2D eigenvalue weighted by Crippen LogP contribution is -2.45. The minimum absolute atomic E-state index is 0.231. The van der Waals surface area contributed by atoms with E-state index >= 15 is 0 Å². The predicted octanol–water partition coefficient (Wildman–Crippen LogP) is 1.70. The van der Waals surface area contributed by atoms with Crippen molar-refractivity contribution < 1.29 is 4.79 Å². The quantitative estimate of drug-likeness (QED) is 0.765. The van der Waals surface area contributed by atoms with Crippen LogP contribution >= 0.6 is 0 Å². The first-order chi connectivity index (χ1) is 9.06. The van der Waals surface area contributed by atoms with Crippen LogP contribution < -0.4 is 5.73 Å². The number of nitrogens with zero attached hydrogens (tertiary/aromatic N) is 2. The van der Waals surface area contributed by atoms with Gasteiger partial charge in [-0.2, -0.15) is 0 Å². The summed E-state index contributed by atoms with van der Waals surface area (Å²) in [4.78, 5) is 16.2. The number of carbonyl (C=O) groups excluding carboxylic acids is 1. The summed E-state index contributed by atoms with van der Waals surface area (Å²) in [6.07, 6.45) is 5.89. The van der Waals surface area contributed by atoms with Crippen molar-refractivity contribution in [2.24, 2.45) is 11.1 Å². The molecule has 19 heavy (non-hydrogen) atoms. The highest BCUT2D eigenvalue weighted by molar-refractivity contribution is 5.77. The molecule has 1 rings (SSSR count). The predicted molar refractivity (Wildman–Crippen MR) is 80.0 cm³/mol. The molecule has 0 aromatic heterocycles. The van der Waals surface area contributed by atoms with Crippen molar-refractivity contribution in [3.63, 3.8) is 0 Å². The third kappa shape index (κ3) is 4.77. The number of carbonyl (C=O) groups is 1. The molecular formula is C15H31N3O. The number of rotatable bonds is 7. The van der Waals surface area contributed by atoms with Crippen molar-refractivity contribution in [3.8, 4) is 0 Å². The second kappa shape index (κ2) is 7.85. The van der Waals surface area contributed by atoms with E-state index in [0.29, 0.717) is 18.5 Å². The third-order valence-electron chi connectivity index (χ3n) is 4.90. The van der Waals surface area contributed by atoms with Crippen LogP contribution in [0, 0.1) is 5.41 Å². The van der Waals surface area contributed by atoms with E-state index in [4.69, 9.17) is 5.73 Å². The maximum atomic E-state index is 12.1. The number of likely N-dealkylation sites (tertiary alicyclic amines) is 1. The Balaban J connectivity index is 2.34. The van der Waals surface area contributed by atoms with Crippen LogP contribution in [0.4, 0.5) is 0 Å². The van der Waals surface area contributed by atoms with Crippen molar-refractivity contribution in [1.29, 1.82) is 0 Å². The number of nitrogens with two attached hydrogens (primary N) is 1. The first kappa shape index (κ1) is 16.4. The van der Waals surface area contributed by atoms with E-state index in [1.165, 1.54) is 25.7 Å². The normalized spacial score (nSPS) is 19.4. The van der Waals surface area contributed by atoms with Gasteiger partial charge in [-0.05, 0) is 44.3 Å². The Morgan fingerprint density at radius 3 is 2.32 bits per heavy atom. The van der Waals surface area contributed by atoms with Gasteiger partial charge in [0, 0.05) is 13.6 Å². The fourth-order valence-corrected chi connectivity index (χ4v) is 2.91. The number of piperidine rings is 1. The molecule has 0 atom stereocenters. The number of hydrogen-bond donors (Lipinski definition) is 1. The molecule has 0 unspecified atom stereocenters. The highest BCUT2D eigenvalue weighted by Gasteiger charge is 2.31. The first-order valence-corrected chi connectivity index (χ1v) is 7.73. The minimum atomic E-state index is 0.231.